The van der Waals surface area contributed by atoms with Crippen molar-refractivity contribution in [3.05, 3.63) is 46.3 Å². The summed E-state index contributed by atoms with van der Waals surface area (Å²) in [7, 11) is 0. The highest BCUT2D eigenvalue weighted by Crippen LogP contribution is 2.18. The fraction of sp³-hybridized carbons (Fsp3) is 0.214. The number of hydrogen-bond acceptors (Lipinski definition) is 4. The van der Waals surface area contributed by atoms with Crippen molar-refractivity contribution in [3.8, 4) is 5.75 Å². The Kier molecular flexibility index (Phi) is 4.98. The first-order chi connectivity index (χ1) is 9.94. The second-order valence-corrected chi connectivity index (χ2v) is 5.22. The maximum atomic E-state index is 12.2. The van der Waals surface area contributed by atoms with Crippen molar-refractivity contribution in [2.45, 2.75) is 20.0 Å². The molecule has 0 radical (unpaired) electrons. The van der Waals surface area contributed by atoms with Gasteiger partial charge < -0.3 is 10.1 Å². The molecule has 0 spiro atoms. The summed E-state index contributed by atoms with van der Waals surface area (Å²) in [5, 5.41) is 2.73. The lowest BCUT2D eigenvalue weighted by molar-refractivity contribution is 0.102. The largest absolute Gasteiger partial charge is 0.491 e. The zero-order valence-corrected chi connectivity index (χ0v) is 12.9. The van der Waals surface area contributed by atoms with Gasteiger partial charge in [-0.25, -0.2) is 9.97 Å². The Bertz CT molecular complexity index is 642. The zero-order chi connectivity index (χ0) is 15.4. The van der Waals surface area contributed by atoms with Crippen LogP contribution in [0, 0.1) is 0 Å². The second-order valence-electron chi connectivity index (χ2n) is 4.49. The zero-order valence-electron chi connectivity index (χ0n) is 11.4. The summed E-state index contributed by atoms with van der Waals surface area (Å²) < 4.78 is 5.55. The molecule has 110 valence electrons. The van der Waals surface area contributed by atoms with Gasteiger partial charge in [-0.2, -0.15) is 0 Å². The van der Waals surface area contributed by atoms with Crippen molar-refractivity contribution in [2.24, 2.45) is 0 Å². The fourth-order valence-electron chi connectivity index (χ4n) is 1.63. The first-order valence-electron chi connectivity index (χ1n) is 6.22. The number of carbonyl (C=O) groups is 1. The lowest BCUT2D eigenvalue weighted by Crippen LogP contribution is -2.14. The van der Waals surface area contributed by atoms with Crippen LogP contribution in [0.4, 0.5) is 5.82 Å². The number of aromatic nitrogens is 2. The van der Waals surface area contributed by atoms with E-state index in [-0.39, 0.29) is 28.3 Å². The van der Waals surface area contributed by atoms with Crippen LogP contribution >= 0.6 is 23.2 Å². The number of amides is 1. The van der Waals surface area contributed by atoms with Crippen LogP contribution in [0.5, 0.6) is 5.75 Å². The Labute approximate surface area is 132 Å². The number of anilines is 1. The molecule has 1 aromatic carbocycles. The molecule has 0 fully saturated rings. The molecular formula is C14H13Cl2N3O2. The highest BCUT2D eigenvalue weighted by atomic mass is 35.5. The molecule has 7 heteroatoms. The Morgan fingerprint density at radius 2 is 2.00 bits per heavy atom. The van der Waals surface area contributed by atoms with Crippen LogP contribution < -0.4 is 10.1 Å². The van der Waals surface area contributed by atoms with Crippen molar-refractivity contribution >= 4 is 34.9 Å². The van der Waals surface area contributed by atoms with Crippen molar-refractivity contribution in [3.63, 3.8) is 0 Å². The maximum Gasteiger partial charge on any atom is 0.256 e. The summed E-state index contributed by atoms with van der Waals surface area (Å²) >= 11 is 11.4. The molecule has 1 aromatic heterocycles. The third kappa shape index (κ3) is 4.58. The van der Waals surface area contributed by atoms with Gasteiger partial charge in [-0.05, 0) is 43.6 Å². The number of halogens is 2. The van der Waals surface area contributed by atoms with Crippen molar-refractivity contribution in [1.29, 1.82) is 0 Å². The molecule has 21 heavy (non-hydrogen) atoms. The summed E-state index contributed by atoms with van der Waals surface area (Å²) in [5.41, 5.74) is 0.444. The van der Waals surface area contributed by atoms with Crippen LogP contribution in [-0.2, 0) is 0 Å². The highest BCUT2D eigenvalue weighted by molar-refractivity contribution is 6.32. The molecule has 1 heterocycles. The topological polar surface area (TPSA) is 64.1 Å². The number of hydrogen-bond donors (Lipinski definition) is 1. The summed E-state index contributed by atoms with van der Waals surface area (Å²) in [6.45, 7) is 3.83. The number of carbonyl (C=O) groups excluding carboxylic acids is 1. The smallest absolute Gasteiger partial charge is 0.256 e. The summed E-state index contributed by atoms with van der Waals surface area (Å²) in [5.74, 6) is 0.520. The number of ether oxygens (including phenoxy) is 1. The van der Waals surface area contributed by atoms with Gasteiger partial charge in [0, 0.05) is 11.6 Å². The minimum atomic E-state index is -0.338. The van der Waals surface area contributed by atoms with Gasteiger partial charge in [-0.3, -0.25) is 4.79 Å². The molecule has 0 atom stereocenters. The van der Waals surface area contributed by atoms with Crippen molar-refractivity contribution in [1.82, 2.24) is 9.97 Å². The molecule has 0 saturated carbocycles. The molecule has 0 aliphatic rings. The van der Waals surface area contributed by atoms with Crippen molar-refractivity contribution in [2.75, 3.05) is 5.32 Å². The van der Waals surface area contributed by atoms with Gasteiger partial charge in [0.1, 0.15) is 16.7 Å². The molecular weight excluding hydrogens is 313 g/mol. The van der Waals surface area contributed by atoms with E-state index in [2.05, 4.69) is 15.3 Å². The van der Waals surface area contributed by atoms with Gasteiger partial charge in [0.05, 0.1) is 6.10 Å². The Morgan fingerprint density at radius 3 is 2.67 bits per heavy atom. The molecule has 0 saturated heterocycles. The predicted octanol–water partition coefficient (Wildman–Crippen LogP) is 3.82. The van der Waals surface area contributed by atoms with E-state index in [0.29, 0.717) is 11.3 Å². The monoisotopic (exact) mass is 325 g/mol. The number of nitrogens with zero attached hydrogens (tertiary/aromatic N) is 2. The summed E-state index contributed by atoms with van der Waals surface area (Å²) in [4.78, 5) is 19.7. The fourth-order valence-corrected chi connectivity index (χ4v) is 2.03. The molecule has 0 bridgehead atoms. The van der Waals surface area contributed by atoms with E-state index >= 15 is 0 Å². The summed E-state index contributed by atoms with van der Waals surface area (Å²) in [6.07, 6.45) is 0.0304. The van der Waals surface area contributed by atoms with Gasteiger partial charge in [0.2, 0.25) is 5.28 Å². The molecule has 1 amide bonds. The average molecular weight is 326 g/mol. The average Bonchev–Trinajstić information content (AvgIpc) is 2.36. The third-order valence-corrected chi connectivity index (χ3v) is 2.74. The minimum absolute atomic E-state index is 0.0304. The van der Waals surface area contributed by atoms with Crippen LogP contribution in [0.15, 0.2) is 30.3 Å². The van der Waals surface area contributed by atoms with Crippen LogP contribution in [0.1, 0.15) is 24.2 Å². The van der Waals surface area contributed by atoms with Gasteiger partial charge in [0.25, 0.3) is 5.91 Å². The van der Waals surface area contributed by atoms with Crippen LogP contribution in [0.2, 0.25) is 10.4 Å². The Balaban J connectivity index is 2.16. The predicted molar refractivity (Wildman–Crippen MR) is 82.2 cm³/mol. The SMILES string of the molecule is CC(C)Oc1cccc(C(=O)Nc2cc(Cl)nc(Cl)n2)c1. The van der Waals surface area contributed by atoms with E-state index in [1.54, 1.807) is 24.3 Å². The molecule has 1 N–H and O–H groups in total. The number of rotatable bonds is 4. The van der Waals surface area contributed by atoms with E-state index in [1.165, 1.54) is 6.07 Å². The first kappa shape index (κ1) is 15.5. The van der Waals surface area contributed by atoms with E-state index in [0.717, 1.165) is 0 Å². The molecule has 2 aromatic rings. The standard InChI is InChI=1S/C14H13Cl2N3O2/c1-8(2)21-10-5-3-4-9(6-10)13(20)18-12-7-11(15)17-14(16)19-12/h3-8H,1-2H3,(H,17,18,19,20). The Hall–Kier alpha value is -1.85. The highest BCUT2D eigenvalue weighted by Gasteiger charge is 2.10. The molecule has 0 aliphatic heterocycles. The van der Waals surface area contributed by atoms with E-state index < -0.39 is 0 Å². The van der Waals surface area contributed by atoms with Gasteiger partial charge in [0.15, 0.2) is 0 Å². The molecule has 0 unspecified atom stereocenters. The van der Waals surface area contributed by atoms with E-state index in [9.17, 15) is 4.79 Å². The van der Waals surface area contributed by atoms with Crippen LogP contribution in [-0.4, -0.2) is 22.0 Å². The third-order valence-electron chi connectivity index (χ3n) is 2.38. The van der Waals surface area contributed by atoms with Gasteiger partial charge in [-0.1, -0.05) is 17.7 Å². The summed E-state index contributed by atoms with van der Waals surface area (Å²) in [6, 6.07) is 8.27. The minimum Gasteiger partial charge on any atom is -0.491 e. The van der Waals surface area contributed by atoms with Crippen molar-refractivity contribution < 1.29 is 9.53 Å². The quantitative estimate of drug-likeness (QED) is 0.685. The first-order valence-corrected chi connectivity index (χ1v) is 6.98. The molecule has 5 nitrogen and oxygen atoms in total. The van der Waals surface area contributed by atoms with E-state index in [1.807, 2.05) is 13.8 Å². The second kappa shape index (κ2) is 6.74. The van der Waals surface area contributed by atoms with Crippen LogP contribution in [0.3, 0.4) is 0 Å². The normalized spacial score (nSPS) is 10.5. The van der Waals surface area contributed by atoms with Crippen LogP contribution in [0.25, 0.3) is 0 Å². The number of benzene rings is 1. The number of nitrogens with one attached hydrogen (secondary N) is 1. The maximum absolute atomic E-state index is 12.2. The molecule has 0 aliphatic carbocycles. The van der Waals surface area contributed by atoms with E-state index in [4.69, 9.17) is 27.9 Å². The van der Waals surface area contributed by atoms with Gasteiger partial charge in [-0.15, -0.1) is 0 Å². The Morgan fingerprint density at radius 1 is 1.24 bits per heavy atom. The lowest BCUT2D eigenvalue weighted by Gasteiger charge is -2.11. The lowest BCUT2D eigenvalue weighted by atomic mass is 10.2. The molecule has 2 rings (SSSR count). The van der Waals surface area contributed by atoms with Gasteiger partial charge >= 0.3 is 0 Å².